The predicted octanol–water partition coefficient (Wildman–Crippen LogP) is 3.35. The summed E-state index contributed by atoms with van der Waals surface area (Å²) in [6, 6.07) is 5.09. The summed E-state index contributed by atoms with van der Waals surface area (Å²) in [5.74, 6) is 0.0674. The Morgan fingerprint density at radius 2 is 2.11 bits per heavy atom. The van der Waals surface area contributed by atoms with Crippen LogP contribution in [0.2, 0.25) is 0 Å². The summed E-state index contributed by atoms with van der Waals surface area (Å²) in [7, 11) is 1.46. The van der Waals surface area contributed by atoms with Crippen LogP contribution >= 0.6 is 0 Å². The van der Waals surface area contributed by atoms with Crippen molar-refractivity contribution in [3.05, 3.63) is 29.3 Å². The Kier molecular flexibility index (Phi) is 6.36. The lowest BCUT2D eigenvalue weighted by molar-refractivity contribution is 0.0692. The van der Waals surface area contributed by atoms with E-state index >= 15 is 0 Å². The fourth-order valence-corrected chi connectivity index (χ4v) is 1.80. The van der Waals surface area contributed by atoms with Crippen LogP contribution in [0.25, 0.3) is 0 Å². The van der Waals surface area contributed by atoms with E-state index in [1.165, 1.54) is 7.11 Å². The van der Waals surface area contributed by atoms with Gasteiger partial charge in [0, 0.05) is 6.61 Å². The summed E-state index contributed by atoms with van der Waals surface area (Å²) in [4.78, 5) is 11.1. The molecule has 0 saturated heterocycles. The first kappa shape index (κ1) is 15.5. The lowest BCUT2D eigenvalue weighted by Crippen LogP contribution is -2.03. The lowest BCUT2D eigenvalue weighted by Gasteiger charge is -2.09. The molecule has 0 aliphatic carbocycles. The number of hydrogen-bond donors (Lipinski definition) is 1. The maximum absolute atomic E-state index is 11.1. The molecule has 0 fully saturated rings. The number of carboxylic acid groups (broad SMARTS) is 1. The maximum Gasteiger partial charge on any atom is 0.339 e. The number of rotatable bonds is 8. The second kappa shape index (κ2) is 7.79. The summed E-state index contributed by atoms with van der Waals surface area (Å²) >= 11 is 0. The molecule has 0 aromatic heterocycles. The van der Waals surface area contributed by atoms with Crippen LogP contribution in [0.3, 0.4) is 0 Å². The Morgan fingerprint density at radius 1 is 1.37 bits per heavy atom. The summed E-state index contributed by atoms with van der Waals surface area (Å²) in [5.41, 5.74) is 1.02. The fourth-order valence-electron chi connectivity index (χ4n) is 1.80. The Labute approximate surface area is 114 Å². The number of carboxylic acids is 1. The van der Waals surface area contributed by atoms with Crippen molar-refractivity contribution in [2.24, 2.45) is 5.92 Å². The van der Waals surface area contributed by atoms with E-state index in [0.29, 0.717) is 24.9 Å². The molecule has 0 spiro atoms. The molecule has 0 radical (unpaired) electrons. The first-order valence-corrected chi connectivity index (χ1v) is 6.52. The highest BCUT2D eigenvalue weighted by molar-refractivity contribution is 5.91. The van der Waals surface area contributed by atoms with Gasteiger partial charge in [0.2, 0.25) is 0 Å². The molecule has 0 aliphatic rings. The van der Waals surface area contributed by atoms with Crippen LogP contribution in [0.4, 0.5) is 0 Å². The van der Waals surface area contributed by atoms with E-state index < -0.39 is 5.97 Å². The number of ether oxygens (including phenoxy) is 2. The minimum atomic E-state index is -0.987. The average molecular weight is 266 g/mol. The Balaban J connectivity index is 2.50. The first-order valence-electron chi connectivity index (χ1n) is 6.52. The van der Waals surface area contributed by atoms with E-state index in [0.717, 1.165) is 18.4 Å². The third-order valence-corrected chi connectivity index (χ3v) is 2.83. The van der Waals surface area contributed by atoms with Gasteiger partial charge < -0.3 is 14.6 Å². The SMILES string of the molecule is COc1ccc(COCCCC(C)C)cc1C(=O)O. The molecule has 1 rings (SSSR count). The highest BCUT2D eigenvalue weighted by Crippen LogP contribution is 2.20. The van der Waals surface area contributed by atoms with Gasteiger partial charge in [-0.1, -0.05) is 19.9 Å². The molecule has 106 valence electrons. The Morgan fingerprint density at radius 3 is 2.68 bits per heavy atom. The molecule has 1 aromatic carbocycles. The largest absolute Gasteiger partial charge is 0.496 e. The van der Waals surface area contributed by atoms with Gasteiger partial charge in [-0.25, -0.2) is 4.79 Å². The van der Waals surface area contributed by atoms with Crippen LogP contribution in [0, 0.1) is 5.92 Å². The number of aromatic carboxylic acids is 1. The summed E-state index contributed by atoms with van der Waals surface area (Å²) in [5, 5.41) is 9.07. The predicted molar refractivity (Wildman–Crippen MR) is 73.7 cm³/mol. The number of carbonyl (C=O) groups is 1. The van der Waals surface area contributed by atoms with Crippen LogP contribution in [-0.2, 0) is 11.3 Å². The lowest BCUT2D eigenvalue weighted by atomic mass is 10.1. The van der Waals surface area contributed by atoms with Crippen molar-refractivity contribution >= 4 is 5.97 Å². The highest BCUT2D eigenvalue weighted by atomic mass is 16.5. The monoisotopic (exact) mass is 266 g/mol. The molecule has 4 nitrogen and oxygen atoms in total. The van der Waals surface area contributed by atoms with Crippen molar-refractivity contribution in [2.75, 3.05) is 13.7 Å². The minimum Gasteiger partial charge on any atom is -0.496 e. The second-order valence-electron chi connectivity index (χ2n) is 4.93. The van der Waals surface area contributed by atoms with E-state index in [-0.39, 0.29) is 5.56 Å². The van der Waals surface area contributed by atoms with Gasteiger partial charge in [-0.3, -0.25) is 0 Å². The Hall–Kier alpha value is -1.55. The summed E-state index contributed by atoms with van der Waals surface area (Å²) < 4.78 is 10.6. The van der Waals surface area contributed by atoms with Crippen LogP contribution in [0.1, 0.15) is 42.6 Å². The van der Waals surface area contributed by atoms with Crippen molar-refractivity contribution in [3.8, 4) is 5.75 Å². The number of benzene rings is 1. The molecular formula is C15H22O4. The third-order valence-electron chi connectivity index (χ3n) is 2.83. The van der Waals surface area contributed by atoms with Gasteiger partial charge in [0.1, 0.15) is 11.3 Å². The zero-order chi connectivity index (χ0) is 14.3. The van der Waals surface area contributed by atoms with E-state index in [1.807, 2.05) is 6.07 Å². The van der Waals surface area contributed by atoms with E-state index in [1.54, 1.807) is 12.1 Å². The zero-order valence-corrected chi connectivity index (χ0v) is 11.8. The molecule has 0 heterocycles. The van der Waals surface area contributed by atoms with Gasteiger partial charge in [-0.05, 0) is 36.5 Å². The van der Waals surface area contributed by atoms with Gasteiger partial charge in [-0.2, -0.15) is 0 Å². The summed E-state index contributed by atoms with van der Waals surface area (Å²) in [6.45, 7) is 5.50. The zero-order valence-electron chi connectivity index (χ0n) is 11.8. The van der Waals surface area contributed by atoms with Crippen molar-refractivity contribution in [1.82, 2.24) is 0 Å². The quantitative estimate of drug-likeness (QED) is 0.733. The van der Waals surface area contributed by atoms with Gasteiger partial charge in [0.25, 0.3) is 0 Å². The molecule has 0 saturated carbocycles. The number of methoxy groups -OCH3 is 1. The maximum atomic E-state index is 11.1. The highest BCUT2D eigenvalue weighted by Gasteiger charge is 2.11. The van der Waals surface area contributed by atoms with Crippen LogP contribution in [-0.4, -0.2) is 24.8 Å². The van der Waals surface area contributed by atoms with E-state index in [9.17, 15) is 4.79 Å². The third kappa shape index (κ3) is 5.30. The molecule has 1 aromatic rings. The molecule has 0 aliphatic heterocycles. The molecule has 1 N–H and O–H groups in total. The normalized spacial score (nSPS) is 10.7. The second-order valence-corrected chi connectivity index (χ2v) is 4.93. The number of hydrogen-bond acceptors (Lipinski definition) is 3. The molecule has 0 amide bonds. The van der Waals surface area contributed by atoms with Crippen molar-refractivity contribution in [1.29, 1.82) is 0 Å². The molecular weight excluding hydrogens is 244 g/mol. The Bertz CT molecular complexity index is 413. The van der Waals surface area contributed by atoms with Gasteiger partial charge >= 0.3 is 5.97 Å². The van der Waals surface area contributed by atoms with E-state index in [4.69, 9.17) is 14.6 Å². The average Bonchev–Trinajstić information content (AvgIpc) is 2.37. The molecule has 0 atom stereocenters. The van der Waals surface area contributed by atoms with Gasteiger partial charge in [0.15, 0.2) is 0 Å². The van der Waals surface area contributed by atoms with Crippen LogP contribution < -0.4 is 4.74 Å². The van der Waals surface area contributed by atoms with Gasteiger partial charge in [0.05, 0.1) is 13.7 Å². The van der Waals surface area contributed by atoms with Crippen molar-refractivity contribution in [3.63, 3.8) is 0 Å². The van der Waals surface area contributed by atoms with E-state index in [2.05, 4.69) is 13.8 Å². The standard InChI is InChI=1S/C15H22O4/c1-11(2)5-4-8-19-10-12-6-7-14(18-3)13(9-12)15(16)17/h6-7,9,11H,4-5,8,10H2,1-3H3,(H,16,17). The van der Waals surface area contributed by atoms with Crippen molar-refractivity contribution < 1.29 is 19.4 Å². The van der Waals surface area contributed by atoms with Crippen molar-refractivity contribution in [2.45, 2.75) is 33.3 Å². The van der Waals surface area contributed by atoms with Crippen LogP contribution in [0.5, 0.6) is 5.75 Å². The minimum absolute atomic E-state index is 0.172. The fraction of sp³-hybridized carbons (Fsp3) is 0.533. The topological polar surface area (TPSA) is 55.8 Å². The van der Waals surface area contributed by atoms with Crippen LogP contribution in [0.15, 0.2) is 18.2 Å². The molecule has 0 bridgehead atoms. The molecule has 0 unspecified atom stereocenters. The summed E-state index contributed by atoms with van der Waals surface area (Å²) in [6.07, 6.45) is 2.17. The molecule has 4 heteroatoms. The smallest absolute Gasteiger partial charge is 0.339 e. The van der Waals surface area contributed by atoms with Gasteiger partial charge in [-0.15, -0.1) is 0 Å². The first-order chi connectivity index (χ1) is 9.04. The molecule has 19 heavy (non-hydrogen) atoms.